The van der Waals surface area contributed by atoms with E-state index in [1.54, 1.807) is 0 Å². The summed E-state index contributed by atoms with van der Waals surface area (Å²) in [6.45, 7) is 3.17. The highest BCUT2D eigenvalue weighted by Gasteiger charge is 2.18. The van der Waals surface area contributed by atoms with Gasteiger partial charge in [-0.25, -0.2) is 4.98 Å². The summed E-state index contributed by atoms with van der Waals surface area (Å²) in [6, 6.07) is 7.48. The quantitative estimate of drug-likeness (QED) is 0.636. The van der Waals surface area contributed by atoms with Crippen LogP contribution in [0.1, 0.15) is 5.56 Å². The number of morpholine rings is 1. The number of halogens is 1. The van der Waals surface area contributed by atoms with E-state index in [2.05, 4.69) is 20.2 Å². The van der Waals surface area contributed by atoms with Gasteiger partial charge in [-0.1, -0.05) is 35.1 Å². The van der Waals surface area contributed by atoms with Crippen LogP contribution in [0.25, 0.3) is 10.3 Å². The molecule has 0 saturated carbocycles. The van der Waals surface area contributed by atoms with Crippen molar-refractivity contribution < 1.29 is 9.53 Å². The summed E-state index contributed by atoms with van der Waals surface area (Å²) >= 11 is 7.18. The molecule has 2 aromatic heterocycles. The van der Waals surface area contributed by atoms with Gasteiger partial charge in [0.15, 0.2) is 10.8 Å². The molecule has 0 radical (unpaired) electrons. The number of hydrogen-bond acceptors (Lipinski definition) is 7. The standard InChI is InChI=1S/C19H20ClN5O3S/c20-14-3-1-13(2-4-14)5-6-21-15(26)11-25-12-22-17-16(18(25)27)29-19(23-17)24-7-9-28-10-8-24/h1-4,12H,5-11H2,(H,21,26). The minimum Gasteiger partial charge on any atom is -0.378 e. The van der Waals surface area contributed by atoms with E-state index >= 15 is 0 Å². The second kappa shape index (κ2) is 8.89. The van der Waals surface area contributed by atoms with Crippen LogP contribution in [0.3, 0.4) is 0 Å². The molecule has 4 rings (SSSR count). The molecule has 3 aromatic rings. The zero-order valence-corrected chi connectivity index (χ0v) is 17.2. The topological polar surface area (TPSA) is 89.3 Å². The molecule has 0 bridgehead atoms. The average molecular weight is 434 g/mol. The molecule has 8 nitrogen and oxygen atoms in total. The second-order valence-corrected chi connectivity index (χ2v) is 8.07. The fourth-order valence-electron chi connectivity index (χ4n) is 3.05. The van der Waals surface area contributed by atoms with Crippen LogP contribution in [-0.4, -0.2) is 53.3 Å². The van der Waals surface area contributed by atoms with E-state index in [9.17, 15) is 9.59 Å². The Balaban J connectivity index is 1.39. The molecule has 1 aliphatic heterocycles. The van der Waals surface area contributed by atoms with Gasteiger partial charge in [0.25, 0.3) is 5.56 Å². The zero-order chi connectivity index (χ0) is 20.2. The van der Waals surface area contributed by atoms with Gasteiger partial charge in [-0.05, 0) is 24.1 Å². The SMILES string of the molecule is O=C(Cn1cnc2nc(N3CCOCC3)sc2c1=O)NCCc1ccc(Cl)cc1. The molecular weight excluding hydrogens is 414 g/mol. The zero-order valence-electron chi connectivity index (χ0n) is 15.6. The Bertz CT molecular complexity index is 1060. The molecule has 0 aliphatic carbocycles. The van der Waals surface area contributed by atoms with Crippen LogP contribution in [0.15, 0.2) is 35.4 Å². The lowest BCUT2D eigenvalue weighted by Crippen LogP contribution is -2.36. The van der Waals surface area contributed by atoms with E-state index in [0.29, 0.717) is 41.5 Å². The van der Waals surface area contributed by atoms with E-state index in [4.69, 9.17) is 16.3 Å². The summed E-state index contributed by atoms with van der Waals surface area (Å²) in [7, 11) is 0. The first-order valence-electron chi connectivity index (χ1n) is 9.30. The largest absolute Gasteiger partial charge is 0.378 e. The van der Waals surface area contributed by atoms with Gasteiger partial charge < -0.3 is 15.0 Å². The van der Waals surface area contributed by atoms with Gasteiger partial charge >= 0.3 is 0 Å². The molecule has 1 fully saturated rings. The molecule has 1 saturated heterocycles. The van der Waals surface area contributed by atoms with Crippen molar-refractivity contribution >= 4 is 44.3 Å². The minimum absolute atomic E-state index is 0.0762. The molecule has 3 heterocycles. The van der Waals surface area contributed by atoms with Crippen LogP contribution >= 0.6 is 22.9 Å². The Kier molecular flexibility index (Phi) is 6.08. The highest BCUT2D eigenvalue weighted by molar-refractivity contribution is 7.22. The number of anilines is 1. The van der Waals surface area contributed by atoms with E-state index in [-0.39, 0.29) is 18.0 Å². The van der Waals surface area contributed by atoms with Crippen molar-refractivity contribution in [3.8, 4) is 0 Å². The normalized spacial score (nSPS) is 14.3. The lowest BCUT2D eigenvalue weighted by molar-refractivity contribution is -0.121. The molecular formula is C19H20ClN5O3S. The fraction of sp³-hybridized carbons (Fsp3) is 0.368. The minimum atomic E-state index is -0.250. The summed E-state index contributed by atoms with van der Waals surface area (Å²) in [5.74, 6) is -0.236. The third-order valence-electron chi connectivity index (χ3n) is 4.62. The number of nitrogens with one attached hydrogen (secondary N) is 1. The van der Waals surface area contributed by atoms with Gasteiger partial charge in [0.1, 0.15) is 17.6 Å². The molecule has 1 amide bonds. The van der Waals surface area contributed by atoms with Gasteiger partial charge in [0, 0.05) is 24.7 Å². The number of benzene rings is 1. The highest BCUT2D eigenvalue weighted by Crippen LogP contribution is 2.25. The molecule has 1 N–H and O–H groups in total. The number of fused-ring (bicyclic) bond motifs is 1. The van der Waals surface area contributed by atoms with Crippen LogP contribution in [0.2, 0.25) is 5.02 Å². The Morgan fingerprint density at radius 2 is 2.00 bits per heavy atom. The van der Waals surface area contributed by atoms with E-state index in [0.717, 1.165) is 23.8 Å². The maximum absolute atomic E-state index is 12.7. The molecule has 29 heavy (non-hydrogen) atoms. The molecule has 1 aliphatic rings. The van der Waals surface area contributed by atoms with Crippen LogP contribution in [0.4, 0.5) is 5.13 Å². The molecule has 1 aromatic carbocycles. The number of thiazole rings is 1. The first-order chi connectivity index (χ1) is 14.1. The molecule has 152 valence electrons. The highest BCUT2D eigenvalue weighted by atomic mass is 35.5. The van der Waals surface area contributed by atoms with Crippen LogP contribution in [-0.2, 0) is 22.5 Å². The Morgan fingerprint density at radius 3 is 2.76 bits per heavy atom. The number of carbonyl (C=O) groups excluding carboxylic acids is 1. The second-order valence-electron chi connectivity index (χ2n) is 6.65. The number of amides is 1. The van der Waals surface area contributed by atoms with Crippen molar-refractivity contribution in [2.45, 2.75) is 13.0 Å². The first kappa shape index (κ1) is 19.8. The van der Waals surface area contributed by atoms with Crippen molar-refractivity contribution in [3.05, 3.63) is 51.5 Å². The number of hydrogen-bond donors (Lipinski definition) is 1. The summed E-state index contributed by atoms with van der Waals surface area (Å²) in [5, 5.41) is 4.28. The summed E-state index contributed by atoms with van der Waals surface area (Å²) in [5.41, 5.74) is 1.25. The van der Waals surface area contributed by atoms with Crippen molar-refractivity contribution in [1.82, 2.24) is 19.9 Å². The average Bonchev–Trinajstić information content (AvgIpc) is 3.18. The molecule has 0 spiro atoms. The Labute approximate surface area is 176 Å². The van der Waals surface area contributed by atoms with Gasteiger partial charge in [0.05, 0.1) is 13.2 Å². The maximum atomic E-state index is 12.7. The van der Waals surface area contributed by atoms with Crippen molar-refractivity contribution in [2.24, 2.45) is 0 Å². The third kappa shape index (κ3) is 4.75. The van der Waals surface area contributed by atoms with Crippen molar-refractivity contribution in [3.63, 3.8) is 0 Å². The van der Waals surface area contributed by atoms with Gasteiger partial charge in [-0.3, -0.25) is 14.2 Å². The number of aromatic nitrogens is 3. The van der Waals surface area contributed by atoms with Crippen LogP contribution < -0.4 is 15.8 Å². The maximum Gasteiger partial charge on any atom is 0.273 e. The summed E-state index contributed by atoms with van der Waals surface area (Å²) < 4.78 is 7.13. The Morgan fingerprint density at radius 1 is 1.24 bits per heavy atom. The lowest BCUT2D eigenvalue weighted by Gasteiger charge is -2.25. The fourth-order valence-corrected chi connectivity index (χ4v) is 4.19. The van der Waals surface area contributed by atoms with E-state index < -0.39 is 0 Å². The first-order valence-corrected chi connectivity index (χ1v) is 10.5. The number of rotatable bonds is 6. The smallest absolute Gasteiger partial charge is 0.273 e. The Hall–Kier alpha value is -2.49. The summed E-state index contributed by atoms with van der Waals surface area (Å²) in [4.78, 5) is 35.8. The molecule has 10 heteroatoms. The predicted molar refractivity (Wildman–Crippen MR) is 113 cm³/mol. The van der Waals surface area contributed by atoms with Crippen LogP contribution in [0.5, 0.6) is 0 Å². The van der Waals surface area contributed by atoms with Gasteiger partial charge in [-0.2, -0.15) is 4.98 Å². The predicted octanol–water partition coefficient (Wildman–Crippen LogP) is 1.70. The van der Waals surface area contributed by atoms with E-state index in [1.807, 2.05) is 24.3 Å². The lowest BCUT2D eigenvalue weighted by atomic mass is 10.1. The number of ether oxygens (including phenoxy) is 1. The molecule has 0 unspecified atom stereocenters. The van der Waals surface area contributed by atoms with E-state index in [1.165, 1.54) is 22.2 Å². The van der Waals surface area contributed by atoms with Gasteiger partial charge in [0.2, 0.25) is 5.91 Å². The third-order valence-corrected chi connectivity index (χ3v) is 5.96. The molecule has 0 atom stereocenters. The number of carbonyl (C=O) groups is 1. The monoisotopic (exact) mass is 433 g/mol. The summed E-state index contributed by atoms with van der Waals surface area (Å²) in [6.07, 6.45) is 2.07. The van der Waals surface area contributed by atoms with Crippen molar-refractivity contribution in [2.75, 3.05) is 37.7 Å². The van der Waals surface area contributed by atoms with Gasteiger partial charge in [-0.15, -0.1) is 0 Å². The van der Waals surface area contributed by atoms with Crippen molar-refractivity contribution in [1.29, 1.82) is 0 Å². The number of nitrogens with zero attached hydrogens (tertiary/aromatic N) is 4. The van der Waals surface area contributed by atoms with Crippen LogP contribution in [0, 0.1) is 0 Å².